The number of carbonyl (C=O) groups is 1. The number of carbonyl (C=O) groups excluding carboxylic acids is 1. The van der Waals surface area contributed by atoms with Gasteiger partial charge in [0.15, 0.2) is 0 Å². The van der Waals surface area contributed by atoms with Crippen LogP contribution in [0, 0.1) is 11.8 Å². The lowest BCUT2D eigenvalue weighted by atomic mass is 10.1. The summed E-state index contributed by atoms with van der Waals surface area (Å²) in [4.78, 5) is 11.8. The maximum absolute atomic E-state index is 11.8. The Morgan fingerprint density at radius 3 is 2.50 bits per heavy atom. The predicted octanol–water partition coefficient (Wildman–Crippen LogP) is 2.40. The molecule has 0 aromatic heterocycles. The second kappa shape index (κ2) is 7.13. The van der Waals surface area contributed by atoms with Gasteiger partial charge in [0.25, 0.3) is 0 Å². The first-order valence-corrected chi connectivity index (χ1v) is 6.40. The van der Waals surface area contributed by atoms with Crippen molar-refractivity contribution in [2.45, 2.75) is 6.54 Å². The van der Waals surface area contributed by atoms with Gasteiger partial charge in [-0.25, -0.2) is 0 Å². The van der Waals surface area contributed by atoms with Crippen LogP contribution < -0.4 is 10.6 Å². The van der Waals surface area contributed by atoms with Crippen molar-refractivity contribution in [2.24, 2.45) is 0 Å². The Hall–Kier alpha value is -2.57. The maximum atomic E-state index is 11.8. The van der Waals surface area contributed by atoms with Crippen molar-refractivity contribution in [1.82, 2.24) is 5.32 Å². The van der Waals surface area contributed by atoms with Gasteiger partial charge in [-0.15, -0.1) is 0 Å². The molecular weight excluding hydrogens is 248 g/mol. The average molecular weight is 264 g/mol. The summed E-state index contributed by atoms with van der Waals surface area (Å²) in [6.45, 7) is 0.697. The lowest BCUT2D eigenvalue weighted by molar-refractivity contribution is -0.111. The zero-order valence-electron chi connectivity index (χ0n) is 11.3. The Labute approximate surface area is 119 Å². The molecule has 0 heterocycles. The number of benzene rings is 2. The van der Waals surface area contributed by atoms with Crippen molar-refractivity contribution < 1.29 is 4.79 Å². The molecule has 0 unspecified atom stereocenters. The Bertz CT molecular complexity index is 639. The summed E-state index contributed by atoms with van der Waals surface area (Å²) in [5, 5.41) is 5.88. The Morgan fingerprint density at radius 2 is 1.75 bits per heavy atom. The van der Waals surface area contributed by atoms with Crippen LogP contribution in [0.5, 0.6) is 0 Å². The van der Waals surface area contributed by atoms with Crippen LogP contribution in [0.1, 0.15) is 11.1 Å². The van der Waals surface area contributed by atoms with Crippen molar-refractivity contribution in [2.75, 3.05) is 12.4 Å². The third-order valence-corrected chi connectivity index (χ3v) is 2.73. The standard InChI is InChI=1S/C17H16N2O/c1-18-13-15-9-5-6-10-16(15)19-17(20)12-11-14-7-3-2-4-8-14/h2-10,18H,13H2,1H3,(H,19,20). The minimum absolute atomic E-state index is 0.308. The van der Waals surface area contributed by atoms with Crippen molar-refractivity contribution >= 4 is 11.6 Å². The van der Waals surface area contributed by atoms with Gasteiger partial charge in [-0.1, -0.05) is 42.3 Å². The van der Waals surface area contributed by atoms with E-state index in [4.69, 9.17) is 0 Å². The fourth-order valence-electron chi connectivity index (χ4n) is 1.79. The van der Waals surface area contributed by atoms with E-state index in [9.17, 15) is 4.79 Å². The molecule has 100 valence electrons. The predicted molar refractivity (Wildman–Crippen MR) is 81.2 cm³/mol. The van der Waals surface area contributed by atoms with Crippen molar-refractivity contribution in [3.05, 3.63) is 65.7 Å². The second-order valence-corrected chi connectivity index (χ2v) is 4.26. The fourth-order valence-corrected chi connectivity index (χ4v) is 1.79. The van der Waals surface area contributed by atoms with Gasteiger partial charge in [0.1, 0.15) is 0 Å². The monoisotopic (exact) mass is 264 g/mol. The number of anilines is 1. The summed E-state index contributed by atoms with van der Waals surface area (Å²) >= 11 is 0. The number of hydrogen-bond acceptors (Lipinski definition) is 2. The highest BCUT2D eigenvalue weighted by atomic mass is 16.1. The van der Waals surface area contributed by atoms with Crippen LogP contribution in [0.2, 0.25) is 0 Å². The highest BCUT2D eigenvalue weighted by molar-refractivity contribution is 6.04. The smallest absolute Gasteiger partial charge is 0.300 e. The van der Waals surface area contributed by atoms with E-state index in [1.807, 2.05) is 61.6 Å². The van der Waals surface area contributed by atoms with Gasteiger partial charge in [0.05, 0.1) is 0 Å². The molecule has 0 saturated carbocycles. The number of hydrogen-bond donors (Lipinski definition) is 2. The average Bonchev–Trinajstić information content (AvgIpc) is 2.49. The van der Waals surface area contributed by atoms with Gasteiger partial charge >= 0.3 is 5.91 Å². The highest BCUT2D eigenvalue weighted by Gasteiger charge is 2.03. The van der Waals surface area contributed by atoms with E-state index in [-0.39, 0.29) is 5.91 Å². The molecule has 0 bridgehead atoms. The van der Waals surface area contributed by atoms with Crippen LogP contribution in [-0.4, -0.2) is 13.0 Å². The molecular formula is C17H16N2O. The van der Waals surface area contributed by atoms with Gasteiger partial charge in [-0.05, 0) is 30.8 Å². The SMILES string of the molecule is CNCc1ccccc1NC(=O)C#Cc1ccccc1. The number of rotatable bonds is 3. The second-order valence-electron chi connectivity index (χ2n) is 4.26. The number of para-hydroxylation sites is 1. The summed E-state index contributed by atoms with van der Waals surface area (Å²) < 4.78 is 0. The number of nitrogens with one attached hydrogen (secondary N) is 2. The largest absolute Gasteiger partial charge is 0.316 e. The topological polar surface area (TPSA) is 41.1 Å². The molecule has 0 atom stereocenters. The first-order valence-electron chi connectivity index (χ1n) is 6.40. The molecule has 0 aliphatic heterocycles. The Morgan fingerprint density at radius 1 is 1.05 bits per heavy atom. The van der Waals surface area contributed by atoms with Crippen LogP contribution in [0.25, 0.3) is 0 Å². The molecule has 2 aromatic carbocycles. The molecule has 0 saturated heterocycles. The van der Waals surface area contributed by atoms with Crippen LogP contribution in [-0.2, 0) is 11.3 Å². The van der Waals surface area contributed by atoms with Gasteiger partial charge in [-0.3, -0.25) is 4.79 Å². The third kappa shape index (κ3) is 3.98. The summed E-state index contributed by atoms with van der Waals surface area (Å²) in [7, 11) is 1.87. The van der Waals surface area contributed by atoms with Crippen LogP contribution >= 0.6 is 0 Å². The molecule has 3 nitrogen and oxygen atoms in total. The molecule has 0 fully saturated rings. The van der Waals surface area contributed by atoms with Gasteiger partial charge in [0, 0.05) is 23.7 Å². The first kappa shape index (κ1) is 13.9. The van der Waals surface area contributed by atoms with Gasteiger partial charge in [0.2, 0.25) is 0 Å². The van der Waals surface area contributed by atoms with E-state index >= 15 is 0 Å². The summed E-state index contributed by atoms with van der Waals surface area (Å²) in [6, 6.07) is 17.1. The minimum atomic E-state index is -0.308. The summed E-state index contributed by atoms with van der Waals surface area (Å²) in [5.74, 6) is 5.13. The van der Waals surface area contributed by atoms with Crippen molar-refractivity contribution in [3.8, 4) is 11.8 Å². The van der Waals surface area contributed by atoms with E-state index in [1.165, 1.54) is 0 Å². The molecule has 0 aliphatic rings. The van der Waals surface area contributed by atoms with Gasteiger partial charge in [-0.2, -0.15) is 0 Å². The zero-order chi connectivity index (χ0) is 14.2. The molecule has 0 radical (unpaired) electrons. The third-order valence-electron chi connectivity index (χ3n) is 2.73. The fraction of sp³-hybridized carbons (Fsp3) is 0.118. The normalized spacial score (nSPS) is 9.45. The molecule has 3 heteroatoms. The van der Waals surface area contributed by atoms with Crippen LogP contribution in [0.3, 0.4) is 0 Å². The summed E-state index contributed by atoms with van der Waals surface area (Å²) in [6.07, 6.45) is 0. The molecule has 0 aliphatic carbocycles. The Balaban J connectivity index is 2.07. The van der Waals surface area contributed by atoms with E-state index in [1.54, 1.807) is 0 Å². The van der Waals surface area contributed by atoms with E-state index in [0.29, 0.717) is 6.54 Å². The van der Waals surface area contributed by atoms with E-state index in [2.05, 4.69) is 22.5 Å². The lowest BCUT2D eigenvalue weighted by Crippen LogP contribution is -2.13. The maximum Gasteiger partial charge on any atom is 0.300 e. The highest BCUT2D eigenvalue weighted by Crippen LogP contribution is 2.14. The van der Waals surface area contributed by atoms with Gasteiger partial charge < -0.3 is 10.6 Å². The lowest BCUT2D eigenvalue weighted by Gasteiger charge is -2.08. The van der Waals surface area contributed by atoms with E-state index < -0.39 is 0 Å². The molecule has 1 amide bonds. The quantitative estimate of drug-likeness (QED) is 0.836. The molecule has 2 aromatic rings. The Kier molecular flexibility index (Phi) is 4.94. The minimum Gasteiger partial charge on any atom is -0.316 e. The van der Waals surface area contributed by atoms with Crippen molar-refractivity contribution in [1.29, 1.82) is 0 Å². The zero-order valence-corrected chi connectivity index (χ0v) is 11.3. The summed E-state index contributed by atoms with van der Waals surface area (Å²) in [5.41, 5.74) is 2.64. The van der Waals surface area contributed by atoms with Crippen LogP contribution in [0.4, 0.5) is 5.69 Å². The molecule has 0 spiro atoms. The van der Waals surface area contributed by atoms with E-state index in [0.717, 1.165) is 16.8 Å². The molecule has 2 N–H and O–H groups in total. The molecule has 2 rings (SSSR count). The molecule has 20 heavy (non-hydrogen) atoms. The number of amides is 1. The first-order chi connectivity index (χ1) is 9.79. The van der Waals surface area contributed by atoms with Crippen LogP contribution in [0.15, 0.2) is 54.6 Å². The van der Waals surface area contributed by atoms with Crippen molar-refractivity contribution in [3.63, 3.8) is 0 Å².